The van der Waals surface area contributed by atoms with E-state index in [0.29, 0.717) is 68.2 Å². The first kappa shape index (κ1) is 26.7. The van der Waals surface area contributed by atoms with Crippen LogP contribution in [0.4, 0.5) is 0 Å². The van der Waals surface area contributed by atoms with E-state index in [1.165, 1.54) is 42.7 Å². The van der Waals surface area contributed by atoms with Gasteiger partial charge < -0.3 is 37.9 Å². The molecule has 10 nitrogen and oxygen atoms in total. The molecule has 2 aliphatic rings. The number of hydrogen-bond acceptors (Lipinski definition) is 10. The van der Waals surface area contributed by atoms with Crippen molar-refractivity contribution >= 4 is 17.8 Å². The molecule has 0 radical (unpaired) electrons. The van der Waals surface area contributed by atoms with E-state index in [2.05, 4.69) is 0 Å². The van der Waals surface area contributed by atoms with Crippen molar-refractivity contribution in [3.63, 3.8) is 0 Å². The first-order valence-corrected chi connectivity index (χ1v) is 12.3. The summed E-state index contributed by atoms with van der Waals surface area (Å²) in [6, 6.07) is 10.1. The zero-order valence-electron chi connectivity index (χ0n) is 22.9. The van der Waals surface area contributed by atoms with Crippen LogP contribution in [0.3, 0.4) is 0 Å². The Morgan fingerprint density at radius 2 is 1.35 bits per heavy atom. The molecule has 0 aliphatic carbocycles. The highest BCUT2D eigenvalue weighted by Crippen LogP contribution is 2.51. The number of fused-ring (bicyclic) bond motifs is 3. The Kier molecular flexibility index (Phi) is 7.17. The van der Waals surface area contributed by atoms with Gasteiger partial charge in [-0.05, 0) is 42.0 Å². The Morgan fingerprint density at radius 1 is 0.725 bits per heavy atom. The van der Waals surface area contributed by atoms with Gasteiger partial charge in [-0.25, -0.2) is 0 Å². The molecule has 0 spiro atoms. The molecule has 2 heterocycles. The summed E-state index contributed by atoms with van der Waals surface area (Å²) in [5.74, 6) is 2.15. The summed E-state index contributed by atoms with van der Waals surface area (Å²) >= 11 is 0. The molecule has 0 saturated heterocycles. The summed E-state index contributed by atoms with van der Waals surface area (Å²) in [5, 5.41) is 0. The lowest BCUT2D eigenvalue weighted by Gasteiger charge is -2.27. The van der Waals surface area contributed by atoms with E-state index in [1.807, 2.05) is 0 Å². The van der Waals surface area contributed by atoms with Crippen LogP contribution in [0, 0.1) is 0 Å². The van der Waals surface area contributed by atoms with E-state index < -0.39 is 11.9 Å². The van der Waals surface area contributed by atoms with Crippen LogP contribution < -0.4 is 37.9 Å². The van der Waals surface area contributed by atoms with E-state index in [9.17, 15) is 9.59 Å². The number of ether oxygens (including phenoxy) is 8. The number of carbonyl (C=O) groups excluding carboxylic acids is 2. The summed E-state index contributed by atoms with van der Waals surface area (Å²) in [5.41, 5.74) is 2.18. The first-order valence-electron chi connectivity index (χ1n) is 12.3. The average Bonchev–Trinajstić information content (AvgIpc) is 3.29. The minimum Gasteiger partial charge on any atom is -0.496 e. The second-order valence-electron chi connectivity index (χ2n) is 8.93. The van der Waals surface area contributed by atoms with Crippen molar-refractivity contribution in [1.29, 1.82) is 0 Å². The number of rotatable bonds is 8. The highest BCUT2D eigenvalue weighted by molar-refractivity contribution is 6.15. The molecular weight excluding hydrogens is 520 g/mol. The Labute approximate surface area is 230 Å². The van der Waals surface area contributed by atoms with Gasteiger partial charge in [-0.2, -0.15) is 0 Å². The van der Waals surface area contributed by atoms with E-state index in [-0.39, 0.29) is 18.0 Å². The first-order chi connectivity index (χ1) is 19.4. The molecule has 10 heteroatoms. The van der Waals surface area contributed by atoms with Crippen molar-refractivity contribution in [2.75, 3.05) is 42.7 Å². The molecule has 0 saturated carbocycles. The molecule has 0 unspecified atom stereocenters. The summed E-state index contributed by atoms with van der Waals surface area (Å²) < 4.78 is 44.6. The number of methoxy groups -OCH3 is 6. The third kappa shape index (κ3) is 4.41. The van der Waals surface area contributed by atoms with E-state index in [1.54, 1.807) is 42.5 Å². The fourth-order valence-corrected chi connectivity index (χ4v) is 5.00. The van der Waals surface area contributed by atoms with Crippen LogP contribution in [0.15, 0.2) is 42.2 Å². The summed E-state index contributed by atoms with van der Waals surface area (Å²) in [7, 11) is 9.11. The SMILES string of the molecule is COc1cc(OC)c(OC)cc1/C=C1\Oc2c(ccc3c2[C@@H](c2cc(OC)c(OC)c(OC)c2)CC(=O)O3)C1=O. The second kappa shape index (κ2) is 10.7. The lowest BCUT2D eigenvalue weighted by Crippen LogP contribution is -2.21. The van der Waals surface area contributed by atoms with Crippen molar-refractivity contribution in [3.05, 3.63) is 64.4 Å². The minimum absolute atomic E-state index is 0.0161. The maximum absolute atomic E-state index is 13.5. The molecule has 5 rings (SSSR count). The average molecular weight is 549 g/mol. The summed E-state index contributed by atoms with van der Waals surface area (Å²) in [4.78, 5) is 26.1. The smallest absolute Gasteiger partial charge is 0.312 e. The van der Waals surface area contributed by atoms with Crippen LogP contribution in [-0.2, 0) is 4.79 Å². The molecule has 3 aromatic carbocycles. The van der Waals surface area contributed by atoms with Gasteiger partial charge in [0.05, 0.1) is 54.6 Å². The number of benzene rings is 3. The zero-order valence-corrected chi connectivity index (χ0v) is 22.9. The van der Waals surface area contributed by atoms with Gasteiger partial charge >= 0.3 is 5.97 Å². The topological polar surface area (TPSA) is 108 Å². The standard InChI is InChI=1S/C30H28O10/c1-33-20-14-22(35-3)21(34-2)11-16(20)12-23-28(32)17-7-8-19-27(29(17)40-23)18(13-26(31)39-19)15-9-24(36-4)30(38-6)25(10-15)37-5/h7-12,14,18H,13H2,1-6H3/b23-12-/t18-/m1/s1. The quantitative estimate of drug-likeness (QED) is 0.221. The molecule has 208 valence electrons. The van der Waals surface area contributed by atoms with Gasteiger partial charge in [0.1, 0.15) is 17.2 Å². The monoisotopic (exact) mass is 548 g/mol. The molecule has 1 atom stereocenters. The van der Waals surface area contributed by atoms with Crippen molar-refractivity contribution in [3.8, 4) is 46.0 Å². The molecule has 0 aromatic heterocycles. The number of esters is 1. The number of allylic oxidation sites excluding steroid dienone is 1. The fraction of sp³-hybridized carbons (Fsp3) is 0.267. The van der Waals surface area contributed by atoms with E-state index in [4.69, 9.17) is 37.9 Å². The summed E-state index contributed by atoms with van der Waals surface area (Å²) in [6.45, 7) is 0. The number of Topliss-reactive ketones (excluding diaryl/α,β-unsaturated/α-hetero) is 1. The summed E-state index contributed by atoms with van der Waals surface area (Å²) in [6.07, 6.45) is 1.60. The maximum atomic E-state index is 13.5. The molecule has 0 amide bonds. The van der Waals surface area contributed by atoms with Crippen molar-refractivity contribution < 1.29 is 47.5 Å². The van der Waals surface area contributed by atoms with Crippen LogP contribution in [0.5, 0.6) is 46.0 Å². The molecule has 2 aliphatic heterocycles. The van der Waals surface area contributed by atoms with Gasteiger partial charge in [0.15, 0.2) is 28.8 Å². The highest BCUT2D eigenvalue weighted by atomic mass is 16.5. The molecule has 40 heavy (non-hydrogen) atoms. The predicted octanol–water partition coefficient (Wildman–Crippen LogP) is 4.80. The van der Waals surface area contributed by atoms with E-state index in [0.717, 1.165) is 0 Å². The van der Waals surface area contributed by atoms with Crippen LogP contribution >= 0.6 is 0 Å². The third-order valence-corrected chi connectivity index (χ3v) is 6.89. The highest BCUT2D eigenvalue weighted by Gasteiger charge is 2.39. The van der Waals surface area contributed by atoms with Crippen LogP contribution in [0.1, 0.15) is 39.4 Å². The van der Waals surface area contributed by atoms with Gasteiger partial charge in [-0.1, -0.05) is 0 Å². The van der Waals surface area contributed by atoms with Gasteiger partial charge in [-0.15, -0.1) is 0 Å². The molecule has 0 bridgehead atoms. The minimum atomic E-state index is -0.511. The van der Waals surface area contributed by atoms with Crippen LogP contribution in [-0.4, -0.2) is 54.4 Å². The Hall–Kier alpha value is -4.86. The Morgan fingerprint density at radius 3 is 1.95 bits per heavy atom. The van der Waals surface area contributed by atoms with Crippen molar-refractivity contribution in [2.24, 2.45) is 0 Å². The van der Waals surface area contributed by atoms with Gasteiger partial charge in [-0.3, -0.25) is 9.59 Å². The largest absolute Gasteiger partial charge is 0.496 e. The number of carbonyl (C=O) groups is 2. The van der Waals surface area contributed by atoms with Crippen molar-refractivity contribution in [1.82, 2.24) is 0 Å². The lowest BCUT2D eigenvalue weighted by molar-refractivity contribution is -0.135. The van der Waals surface area contributed by atoms with Crippen LogP contribution in [0.25, 0.3) is 6.08 Å². The van der Waals surface area contributed by atoms with Gasteiger partial charge in [0.25, 0.3) is 0 Å². The molecule has 3 aromatic rings. The molecule has 0 N–H and O–H groups in total. The third-order valence-electron chi connectivity index (χ3n) is 6.89. The molecular formula is C30H28O10. The van der Waals surface area contributed by atoms with Gasteiger partial charge in [0.2, 0.25) is 11.5 Å². The zero-order chi connectivity index (χ0) is 28.6. The van der Waals surface area contributed by atoms with E-state index >= 15 is 0 Å². The number of hydrogen-bond donors (Lipinski definition) is 0. The normalized spacial score (nSPS) is 16.4. The Balaban J connectivity index is 1.63. The number of ketones is 1. The maximum Gasteiger partial charge on any atom is 0.312 e. The molecule has 0 fully saturated rings. The second-order valence-corrected chi connectivity index (χ2v) is 8.93. The Bertz CT molecular complexity index is 1510. The van der Waals surface area contributed by atoms with Gasteiger partial charge in [0, 0.05) is 23.1 Å². The van der Waals surface area contributed by atoms with Crippen LogP contribution in [0.2, 0.25) is 0 Å². The fourth-order valence-electron chi connectivity index (χ4n) is 5.00. The van der Waals surface area contributed by atoms with Crippen molar-refractivity contribution in [2.45, 2.75) is 12.3 Å². The predicted molar refractivity (Wildman–Crippen MR) is 144 cm³/mol. The lowest BCUT2D eigenvalue weighted by atomic mass is 9.84.